The zero-order valence-corrected chi connectivity index (χ0v) is 11.6. The zero-order valence-electron chi connectivity index (χ0n) is 11.6. The minimum atomic E-state index is 0.411. The van der Waals surface area contributed by atoms with Gasteiger partial charge in [0.2, 0.25) is 0 Å². The van der Waals surface area contributed by atoms with Crippen molar-refractivity contribution < 1.29 is 0 Å². The van der Waals surface area contributed by atoms with Crippen molar-refractivity contribution >= 4 is 0 Å². The zero-order chi connectivity index (χ0) is 11.8. The standard InChI is InChI=1S/C15H29N/c1-12-6-8-13(9-7-12)15(14(2,3)4)10-5-11-16-15/h12-13,16H,5-11H2,1-4H3. The van der Waals surface area contributed by atoms with E-state index in [1.807, 2.05) is 0 Å². The second-order valence-corrected chi connectivity index (χ2v) is 7.21. The molecule has 0 radical (unpaired) electrons. The van der Waals surface area contributed by atoms with E-state index in [0.717, 1.165) is 11.8 Å². The average molecular weight is 223 g/mol. The topological polar surface area (TPSA) is 12.0 Å². The van der Waals surface area contributed by atoms with Crippen LogP contribution in [-0.2, 0) is 0 Å². The predicted octanol–water partition coefficient (Wildman–Crippen LogP) is 3.98. The molecule has 0 aromatic rings. The lowest BCUT2D eigenvalue weighted by molar-refractivity contribution is 0.0549. The minimum absolute atomic E-state index is 0.411. The molecule has 0 aromatic carbocycles. The van der Waals surface area contributed by atoms with Crippen molar-refractivity contribution in [1.29, 1.82) is 0 Å². The SMILES string of the molecule is CC1CCC(C2(C(C)(C)C)CCCN2)CC1. The van der Waals surface area contributed by atoms with Crippen LogP contribution in [0.25, 0.3) is 0 Å². The van der Waals surface area contributed by atoms with Crippen LogP contribution in [0.3, 0.4) is 0 Å². The van der Waals surface area contributed by atoms with Crippen LogP contribution in [0.2, 0.25) is 0 Å². The van der Waals surface area contributed by atoms with E-state index in [1.165, 1.54) is 45.1 Å². The molecule has 0 spiro atoms. The van der Waals surface area contributed by atoms with Gasteiger partial charge < -0.3 is 5.32 Å². The number of hydrogen-bond donors (Lipinski definition) is 1. The van der Waals surface area contributed by atoms with E-state index >= 15 is 0 Å². The van der Waals surface area contributed by atoms with Crippen molar-refractivity contribution in [2.24, 2.45) is 17.3 Å². The quantitative estimate of drug-likeness (QED) is 0.709. The lowest BCUT2D eigenvalue weighted by atomic mass is 9.61. The van der Waals surface area contributed by atoms with Crippen molar-refractivity contribution in [3.8, 4) is 0 Å². The van der Waals surface area contributed by atoms with E-state index in [0.29, 0.717) is 11.0 Å². The normalized spacial score (nSPS) is 41.2. The van der Waals surface area contributed by atoms with Gasteiger partial charge in [-0.25, -0.2) is 0 Å². The third kappa shape index (κ3) is 2.03. The first-order valence-corrected chi connectivity index (χ1v) is 7.21. The second kappa shape index (κ2) is 4.33. The Hall–Kier alpha value is -0.0400. The Balaban J connectivity index is 2.14. The van der Waals surface area contributed by atoms with Crippen LogP contribution < -0.4 is 5.32 Å². The van der Waals surface area contributed by atoms with Gasteiger partial charge in [0.1, 0.15) is 0 Å². The molecule has 0 bridgehead atoms. The highest BCUT2D eigenvalue weighted by molar-refractivity contribution is 5.06. The molecule has 94 valence electrons. The predicted molar refractivity (Wildman–Crippen MR) is 70.5 cm³/mol. The van der Waals surface area contributed by atoms with E-state index < -0.39 is 0 Å². The molecule has 1 atom stereocenters. The molecule has 1 heteroatoms. The van der Waals surface area contributed by atoms with Gasteiger partial charge in [0, 0.05) is 5.54 Å². The minimum Gasteiger partial charge on any atom is -0.310 e. The van der Waals surface area contributed by atoms with Crippen molar-refractivity contribution in [3.63, 3.8) is 0 Å². The van der Waals surface area contributed by atoms with Crippen molar-refractivity contribution in [3.05, 3.63) is 0 Å². The first kappa shape index (κ1) is 12.4. The van der Waals surface area contributed by atoms with Crippen LogP contribution >= 0.6 is 0 Å². The third-order valence-corrected chi connectivity index (χ3v) is 5.24. The Labute approximate surface area is 101 Å². The highest BCUT2D eigenvalue weighted by atomic mass is 15.0. The molecule has 16 heavy (non-hydrogen) atoms. The summed E-state index contributed by atoms with van der Waals surface area (Å²) in [5.74, 6) is 1.89. The Bertz CT molecular complexity index is 224. The van der Waals surface area contributed by atoms with E-state index in [4.69, 9.17) is 0 Å². The monoisotopic (exact) mass is 223 g/mol. The molecule has 1 N–H and O–H groups in total. The molecule has 0 amide bonds. The molecule has 1 unspecified atom stereocenters. The summed E-state index contributed by atoms with van der Waals surface area (Å²) in [6.45, 7) is 11.0. The van der Waals surface area contributed by atoms with Gasteiger partial charge in [0.05, 0.1) is 0 Å². The Morgan fingerprint density at radius 3 is 2.12 bits per heavy atom. The second-order valence-electron chi connectivity index (χ2n) is 7.21. The maximum absolute atomic E-state index is 3.89. The summed E-state index contributed by atoms with van der Waals surface area (Å²) in [6, 6.07) is 0. The van der Waals surface area contributed by atoms with E-state index in [2.05, 4.69) is 33.0 Å². The fraction of sp³-hybridized carbons (Fsp3) is 1.00. The van der Waals surface area contributed by atoms with Gasteiger partial charge in [-0.05, 0) is 49.5 Å². The van der Waals surface area contributed by atoms with Gasteiger partial charge in [0.25, 0.3) is 0 Å². The first-order valence-electron chi connectivity index (χ1n) is 7.21. The molecule has 1 heterocycles. The van der Waals surface area contributed by atoms with Crippen molar-refractivity contribution in [2.45, 2.75) is 71.8 Å². The summed E-state index contributed by atoms with van der Waals surface area (Å²) >= 11 is 0. The van der Waals surface area contributed by atoms with Gasteiger partial charge in [-0.15, -0.1) is 0 Å². The summed E-state index contributed by atoms with van der Waals surface area (Å²) in [5, 5.41) is 3.89. The van der Waals surface area contributed by atoms with Gasteiger partial charge in [-0.1, -0.05) is 40.5 Å². The summed E-state index contributed by atoms with van der Waals surface area (Å²) in [4.78, 5) is 0. The number of hydrogen-bond acceptors (Lipinski definition) is 1. The highest BCUT2D eigenvalue weighted by Gasteiger charge is 2.49. The smallest absolute Gasteiger partial charge is 0.0258 e. The van der Waals surface area contributed by atoms with Gasteiger partial charge in [0.15, 0.2) is 0 Å². The van der Waals surface area contributed by atoms with Crippen LogP contribution in [0.5, 0.6) is 0 Å². The summed E-state index contributed by atoms with van der Waals surface area (Å²) < 4.78 is 0. The molecular formula is C15H29N. The lowest BCUT2D eigenvalue weighted by Crippen LogP contribution is -2.57. The molecule has 1 aliphatic heterocycles. The molecular weight excluding hydrogens is 194 g/mol. The maximum Gasteiger partial charge on any atom is 0.0258 e. The lowest BCUT2D eigenvalue weighted by Gasteiger charge is -2.50. The molecule has 1 nitrogen and oxygen atoms in total. The number of nitrogens with one attached hydrogen (secondary N) is 1. The fourth-order valence-corrected chi connectivity index (χ4v) is 4.12. The molecule has 1 saturated heterocycles. The largest absolute Gasteiger partial charge is 0.310 e. The van der Waals surface area contributed by atoms with Crippen molar-refractivity contribution in [1.82, 2.24) is 5.32 Å². The molecule has 1 saturated carbocycles. The molecule has 2 fully saturated rings. The van der Waals surface area contributed by atoms with Crippen LogP contribution in [0.1, 0.15) is 66.2 Å². The molecule has 1 aliphatic carbocycles. The summed E-state index contributed by atoms with van der Waals surface area (Å²) in [6.07, 6.45) is 8.57. The van der Waals surface area contributed by atoms with Gasteiger partial charge >= 0.3 is 0 Å². The van der Waals surface area contributed by atoms with Crippen LogP contribution in [-0.4, -0.2) is 12.1 Å². The van der Waals surface area contributed by atoms with E-state index in [1.54, 1.807) is 0 Å². The Morgan fingerprint density at radius 1 is 1.06 bits per heavy atom. The van der Waals surface area contributed by atoms with Gasteiger partial charge in [-0.3, -0.25) is 0 Å². The van der Waals surface area contributed by atoms with Crippen LogP contribution in [0.15, 0.2) is 0 Å². The van der Waals surface area contributed by atoms with Crippen LogP contribution in [0.4, 0.5) is 0 Å². The molecule has 0 aromatic heterocycles. The summed E-state index contributed by atoms with van der Waals surface area (Å²) in [7, 11) is 0. The van der Waals surface area contributed by atoms with E-state index in [9.17, 15) is 0 Å². The first-order chi connectivity index (χ1) is 7.46. The highest BCUT2D eigenvalue weighted by Crippen LogP contribution is 2.48. The van der Waals surface area contributed by atoms with Crippen LogP contribution in [0, 0.1) is 17.3 Å². The number of rotatable bonds is 1. The fourth-order valence-electron chi connectivity index (χ4n) is 4.12. The summed E-state index contributed by atoms with van der Waals surface area (Å²) in [5.41, 5.74) is 0.849. The van der Waals surface area contributed by atoms with Crippen molar-refractivity contribution in [2.75, 3.05) is 6.54 Å². The maximum atomic E-state index is 3.89. The van der Waals surface area contributed by atoms with E-state index in [-0.39, 0.29) is 0 Å². The average Bonchev–Trinajstić information content (AvgIpc) is 2.68. The Morgan fingerprint density at radius 2 is 1.69 bits per heavy atom. The Kier molecular flexibility index (Phi) is 3.36. The third-order valence-electron chi connectivity index (χ3n) is 5.24. The molecule has 2 rings (SSSR count). The molecule has 2 aliphatic rings. The van der Waals surface area contributed by atoms with Gasteiger partial charge in [-0.2, -0.15) is 0 Å².